The van der Waals surface area contributed by atoms with Gasteiger partial charge >= 0.3 is 18.3 Å². The van der Waals surface area contributed by atoms with E-state index in [1.807, 2.05) is 31.2 Å². The van der Waals surface area contributed by atoms with E-state index >= 15 is 0 Å². The van der Waals surface area contributed by atoms with Gasteiger partial charge in [0.2, 0.25) is 5.91 Å². The molecule has 0 radical (unpaired) electrons. The van der Waals surface area contributed by atoms with E-state index in [0.29, 0.717) is 51.0 Å². The topological polar surface area (TPSA) is 59.1 Å². The fourth-order valence-electron chi connectivity index (χ4n) is 5.93. The van der Waals surface area contributed by atoms with E-state index in [4.69, 9.17) is 9.47 Å². The fraction of sp³-hybridized carbons (Fsp3) is 0.548. The molecule has 2 aliphatic heterocycles. The predicted molar refractivity (Wildman–Crippen MR) is 149 cm³/mol. The van der Waals surface area contributed by atoms with E-state index in [1.165, 1.54) is 20.8 Å². The summed E-state index contributed by atoms with van der Waals surface area (Å²) in [7, 11) is 0. The number of rotatable bonds is 10. The molecule has 1 amide bonds. The summed E-state index contributed by atoms with van der Waals surface area (Å²) in [6, 6.07) is 1.46. The number of nitrogens with zero attached hydrogens (tertiary/aromatic N) is 2. The first-order valence-electron chi connectivity index (χ1n) is 14.0. The Morgan fingerprint density at radius 2 is 1.63 bits per heavy atom. The van der Waals surface area contributed by atoms with Crippen LogP contribution in [-0.4, -0.2) is 65.6 Å². The number of carbonyl (C=O) groups is 2. The van der Waals surface area contributed by atoms with Crippen LogP contribution in [0.4, 0.5) is 26.3 Å². The first-order chi connectivity index (χ1) is 19.9. The number of fused-ring (bicyclic) bond motifs is 2. The molecule has 0 saturated carbocycles. The van der Waals surface area contributed by atoms with Crippen LogP contribution in [0.1, 0.15) is 69.8 Å². The number of amides is 1. The Bertz CT molecular complexity index is 1230. The average Bonchev–Trinajstić information content (AvgIpc) is 2.91. The van der Waals surface area contributed by atoms with Gasteiger partial charge in [-0.05, 0) is 56.9 Å². The van der Waals surface area contributed by atoms with E-state index in [9.17, 15) is 35.9 Å². The zero-order valence-corrected chi connectivity index (χ0v) is 24.8. The van der Waals surface area contributed by atoms with Crippen LogP contribution >= 0.6 is 0 Å². The van der Waals surface area contributed by atoms with Gasteiger partial charge < -0.3 is 14.4 Å². The number of ether oxygens (including phenoxy) is 2. The van der Waals surface area contributed by atoms with Gasteiger partial charge in [-0.1, -0.05) is 36.5 Å². The predicted octanol–water partition coefficient (Wildman–Crippen LogP) is 6.88. The summed E-state index contributed by atoms with van der Waals surface area (Å²) in [5.41, 5.74) is -3.82. The lowest BCUT2D eigenvalue weighted by molar-refractivity contribution is -0.173. The number of piperazine rings is 1. The molecule has 1 unspecified atom stereocenters. The van der Waals surface area contributed by atoms with Crippen molar-refractivity contribution >= 4 is 11.9 Å². The van der Waals surface area contributed by atoms with Gasteiger partial charge in [-0.3, -0.25) is 14.5 Å². The van der Waals surface area contributed by atoms with Crippen LogP contribution in [0.25, 0.3) is 0 Å². The smallest absolute Gasteiger partial charge is 0.416 e. The van der Waals surface area contributed by atoms with Gasteiger partial charge in [-0.25, -0.2) is 0 Å². The number of benzene rings is 1. The summed E-state index contributed by atoms with van der Waals surface area (Å²) in [5, 5.41) is 0. The van der Waals surface area contributed by atoms with E-state index in [2.05, 4.69) is 11.5 Å². The van der Waals surface area contributed by atoms with Crippen molar-refractivity contribution in [1.82, 2.24) is 9.80 Å². The van der Waals surface area contributed by atoms with E-state index < -0.39 is 46.6 Å². The Labute approximate surface area is 248 Å². The van der Waals surface area contributed by atoms with Gasteiger partial charge in [0, 0.05) is 39.0 Å². The zero-order chi connectivity index (χ0) is 32.2. The van der Waals surface area contributed by atoms with Crippen LogP contribution in [0.15, 0.2) is 54.7 Å². The van der Waals surface area contributed by atoms with Gasteiger partial charge in [0.25, 0.3) is 0 Å². The molecule has 0 N–H and O–H groups in total. The highest BCUT2D eigenvalue weighted by Crippen LogP contribution is 2.44. The SMILES string of the molecule is C=C(/C=C\C=C/C)C[C@]1(CO[C@H](C)c2cc(C(F)(F)F)cc(C(F)(F)F)c2)CC[C@]2(COC(C)=O)CN1CCN2C(C)=O. The lowest BCUT2D eigenvalue weighted by Crippen LogP contribution is -2.74. The van der Waals surface area contributed by atoms with Crippen molar-refractivity contribution in [3.05, 3.63) is 71.3 Å². The molecule has 2 aliphatic rings. The summed E-state index contributed by atoms with van der Waals surface area (Å²) in [6.45, 7) is 11.3. The van der Waals surface area contributed by atoms with Crippen molar-refractivity contribution in [1.29, 1.82) is 0 Å². The number of piperidine rings is 1. The minimum atomic E-state index is -4.97. The molecule has 1 aromatic rings. The van der Waals surface area contributed by atoms with Crippen molar-refractivity contribution in [3.63, 3.8) is 0 Å². The molecule has 238 valence electrons. The molecule has 0 spiro atoms. The Balaban J connectivity index is 1.95. The third-order valence-corrected chi connectivity index (χ3v) is 8.18. The van der Waals surface area contributed by atoms with Crippen molar-refractivity contribution in [2.45, 2.75) is 76.5 Å². The van der Waals surface area contributed by atoms with Crippen LogP contribution in [0.3, 0.4) is 0 Å². The first-order valence-corrected chi connectivity index (χ1v) is 14.0. The lowest BCUT2D eigenvalue weighted by atomic mass is 9.73. The highest BCUT2D eigenvalue weighted by Gasteiger charge is 2.54. The number of hydrogen-bond acceptors (Lipinski definition) is 5. The molecule has 12 heteroatoms. The highest BCUT2D eigenvalue weighted by atomic mass is 19.4. The summed E-state index contributed by atoms with van der Waals surface area (Å²) in [5.74, 6) is -0.640. The number of esters is 1. The quantitative estimate of drug-likeness (QED) is 0.163. The van der Waals surface area contributed by atoms with Gasteiger partial charge in [-0.2, -0.15) is 26.3 Å². The molecule has 4 atom stereocenters. The number of hydrogen-bond donors (Lipinski definition) is 0. The summed E-state index contributed by atoms with van der Waals surface area (Å²) < 4.78 is 92.4. The summed E-state index contributed by atoms with van der Waals surface area (Å²) >= 11 is 0. The molecule has 43 heavy (non-hydrogen) atoms. The second-order valence-corrected chi connectivity index (χ2v) is 11.3. The van der Waals surface area contributed by atoms with Gasteiger partial charge in [0.15, 0.2) is 0 Å². The maximum atomic E-state index is 13.5. The molecule has 6 nitrogen and oxygen atoms in total. The van der Waals surface area contributed by atoms with Gasteiger partial charge in [-0.15, -0.1) is 0 Å². The molecule has 3 rings (SSSR count). The number of carbonyl (C=O) groups excluding carboxylic acids is 2. The zero-order valence-electron chi connectivity index (χ0n) is 24.8. The average molecular weight is 617 g/mol. The van der Waals surface area contributed by atoms with Crippen molar-refractivity contribution < 1.29 is 45.4 Å². The van der Waals surface area contributed by atoms with Crippen LogP contribution in [0, 0.1) is 0 Å². The minimum absolute atomic E-state index is 0.00164. The number of halogens is 6. The largest absolute Gasteiger partial charge is 0.463 e. The molecule has 0 aliphatic carbocycles. The Morgan fingerprint density at radius 1 is 1.00 bits per heavy atom. The van der Waals surface area contributed by atoms with Crippen LogP contribution in [0.5, 0.6) is 0 Å². The van der Waals surface area contributed by atoms with E-state index in [-0.39, 0.29) is 30.8 Å². The lowest BCUT2D eigenvalue weighted by Gasteiger charge is -2.60. The molecular formula is C31H38F6N2O4. The molecule has 2 fully saturated rings. The third-order valence-electron chi connectivity index (χ3n) is 8.18. The molecular weight excluding hydrogens is 578 g/mol. The molecule has 2 heterocycles. The van der Waals surface area contributed by atoms with E-state index in [0.717, 1.165) is 5.57 Å². The maximum absolute atomic E-state index is 13.5. The highest BCUT2D eigenvalue weighted by molar-refractivity contribution is 5.74. The Hall–Kier alpha value is -3.12. The standard InChI is InChI=1S/C31H38F6N2O4/c1-6-7-8-9-21(2)17-28(10-11-29(20-43-24(5)41)18-38(28)12-13-39(29)23(4)40)19-42-22(3)25-14-26(30(32,33)34)16-27(15-25)31(35,36)37/h6-9,14-16,22H,2,10-13,17-20H2,1,3-5H3/b7-6-,9-8-/t22-,28+,29-/m1/s1. The minimum Gasteiger partial charge on any atom is -0.463 e. The normalized spacial score (nSPS) is 25.3. The molecule has 1 aromatic carbocycles. The van der Waals surface area contributed by atoms with Crippen LogP contribution in [0.2, 0.25) is 0 Å². The second kappa shape index (κ2) is 13.3. The summed E-state index contributed by atoms with van der Waals surface area (Å²) in [6.07, 6.45) is -2.44. The fourth-order valence-corrected chi connectivity index (χ4v) is 5.93. The van der Waals surface area contributed by atoms with Crippen molar-refractivity contribution in [3.8, 4) is 0 Å². The molecule has 2 bridgehead atoms. The monoisotopic (exact) mass is 616 g/mol. The first kappa shape index (κ1) is 34.4. The Morgan fingerprint density at radius 3 is 2.16 bits per heavy atom. The molecule has 0 aromatic heterocycles. The number of alkyl halides is 6. The third kappa shape index (κ3) is 8.29. The van der Waals surface area contributed by atoms with Gasteiger partial charge in [0.05, 0.1) is 29.4 Å². The second-order valence-electron chi connectivity index (χ2n) is 11.3. The van der Waals surface area contributed by atoms with Crippen LogP contribution < -0.4 is 0 Å². The number of allylic oxidation sites excluding steroid dienone is 4. The summed E-state index contributed by atoms with van der Waals surface area (Å²) in [4.78, 5) is 28.1. The van der Waals surface area contributed by atoms with Crippen molar-refractivity contribution in [2.75, 3.05) is 32.8 Å². The van der Waals surface area contributed by atoms with Crippen molar-refractivity contribution in [2.24, 2.45) is 0 Å². The maximum Gasteiger partial charge on any atom is 0.416 e. The van der Waals surface area contributed by atoms with E-state index in [1.54, 1.807) is 4.90 Å². The van der Waals surface area contributed by atoms with Crippen LogP contribution in [-0.2, 0) is 31.4 Å². The van der Waals surface area contributed by atoms with Gasteiger partial charge in [0.1, 0.15) is 6.61 Å². The Kier molecular flexibility index (Phi) is 10.6. The molecule has 2 saturated heterocycles.